The molecule has 0 aromatic carbocycles. The molecule has 0 aromatic rings. The maximum Gasteiger partial charge on any atom is 0.0845 e. The van der Waals surface area contributed by atoms with Gasteiger partial charge in [-0.15, -0.1) is 0 Å². The largest absolute Gasteiger partial charge is 0.373 e. The van der Waals surface area contributed by atoms with Crippen LogP contribution in [0.2, 0.25) is 0 Å². The summed E-state index contributed by atoms with van der Waals surface area (Å²) in [7, 11) is 0. The topological polar surface area (TPSA) is 18.5 Å². The van der Waals surface area contributed by atoms with Crippen molar-refractivity contribution in [1.82, 2.24) is 0 Å². The number of hydrogen-bond donors (Lipinski definition) is 0. The third-order valence-electron chi connectivity index (χ3n) is 4.38. The lowest BCUT2D eigenvalue weighted by Crippen LogP contribution is -2.26. The zero-order chi connectivity index (χ0) is 11.8. The molecule has 0 spiro atoms. The smallest absolute Gasteiger partial charge is 0.0845 e. The van der Waals surface area contributed by atoms with Gasteiger partial charge in [-0.1, -0.05) is 13.8 Å². The minimum atomic E-state index is 0.389. The molecule has 2 heteroatoms. The highest BCUT2D eigenvalue weighted by Crippen LogP contribution is 2.47. The standard InChI is InChI=1S/C15H24O2/c1-10(2)9-17-15-12-6-4-3-5-11(12)14-13(15)7-8-16-14/h10,13-15H,3-9H2,1-2H3/t13-,14-,15-/m1/s1. The van der Waals surface area contributed by atoms with E-state index in [1.165, 1.54) is 32.1 Å². The van der Waals surface area contributed by atoms with E-state index in [1.807, 2.05) is 0 Å². The Balaban J connectivity index is 1.78. The van der Waals surface area contributed by atoms with Gasteiger partial charge in [0.05, 0.1) is 12.2 Å². The lowest BCUT2D eigenvalue weighted by Gasteiger charge is -2.23. The van der Waals surface area contributed by atoms with E-state index in [4.69, 9.17) is 9.47 Å². The molecule has 17 heavy (non-hydrogen) atoms. The molecule has 3 aliphatic rings. The molecular weight excluding hydrogens is 212 g/mol. The van der Waals surface area contributed by atoms with Gasteiger partial charge in [0.2, 0.25) is 0 Å². The number of hydrogen-bond acceptors (Lipinski definition) is 2. The molecule has 1 saturated heterocycles. The Kier molecular flexibility index (Phi) is 3.27. The van der Waals surface area contributed by atoms with E-state index in [0.29, 0.717) is 24.0 Å². The molecule has 0 N–H and O–H groups in total. The van der Waals surface area contributed by atoms with Crippen molar-refractivity contribution in [3.8, 4) is 0 Å². The Morgan fingerprint density at radius 1 is 1.24 bits per heavy atom. The van der Waals surface area contributed by atoms with Gasteiger partial charge in [-0.3, -0.25) is 0 Å². The summed E-state index contributed by atoms with van der Waals surface area (Å²) >= 11 is 0. The molecule has 0 saturated carbocycles. The Morgan fingerprint density at radius 3 is 2.76 bits per heavy atom. The summed E-state index contributed by atoms with van der Waals surface area (Å²) < 4.78 is 12.2. The van der Waals surface area contributed by atoms with E-state index in [1.54, 1.807) is 11.1 Å². The van der Waals surface area contributed by atoms with E-state index < -0.39 is 0 Å². The molecule has 0 amide bonds. The summed E-state index contributed by atoms with van der Waals surface area (Å²) in [6.07, 6.45) is 7.22. The van der Waals surface area contributed by atoms with Gasteiger partial charge in [0.25, 0.3) is 0 Å². The molecule has 0 radical (unpaired) electrons. The van der Waals surface area contributed by atoms with E-state index in [2.05, 4.69) is 13.8 Å². The normalized spacial score (nSPS) is 36.5. The van der Waals surface area contributed by atoms with Crippen LogP contribution in [0.4, 0.5) is 0 Å². The van der Waals surface area contributed by atoms with E-state index >= 15 is 0 Å². The summed E-state index contributed by atoms with van der Waals surface area (Å²) in [6, 6.07) is 0. The molecule has 0 aromatic heterocycles. The average molecular weight is 236 g/mol. The predicted octanol–water partition coefficient (Wildman–Crippen LogP) is 3.32. The fraction of sp³-hybridized carbons (Fsp3) is 0.867. The lowest BCUT2D eigenvalue weighted by molar-refractivity contribution is 0.0149. The van der Waals surface area contributed by atoms with Gasteiger partial charge in [-0.2, -0.15) is 0 Å². The van der Waals surface area contributed by atoms with Gasteiger partial charge in [-0.25, -0.2) is 0 Å². The Bertz CT molecular complexity index is 319. The summed E-state index contributed by atoms with van der Waals surface area (Å²) in [5.41, 5.74) is 3.24. The van der Waals surface area contributed by atoms with Crippen LogP contribution in [0, 0.1) is 11.8 Å². The molecule has 2 nitrogen and oxygen atoms in total. The first-order valence-electron chi connectivity index (χ1n) is 7.22. The monoisotopic (exact) mass is 236 g/mol. The van der Waals surface area contributed by atoms with Crippen molar-refractivity contribution in [2.75, 3.05) is 13.2 Å². The highest BCUT2D eigenvalue weighted by molar-refractivity contribution is 5.34. The van der Waals surface area contributed by atoms with E-state index in [-0.39, 0.29) is 0 Å². The van der Waals surface area contributed by atoms with Crippen molar-refractivity contribution in [2.45, 2.75) is 58.2 Å². The van der Waals surface area contributed by atoms with E-state index in [0.717, 1.165) is 13.2 Å². The van der Waals surface area contributed by atoms with Gasteiger partial charge >= 0.3 is 0 Å². The first-order chi connectivity index (χ1) is 8.27. The van der Waals surface area contributed by atoms with Gasteiger partial charge in [-0.05, 0) is 49.2 Å². The summed E-state index contributed by atoms with van der Waals surface area (Å²) in [4.78, 5) is 0. The first kappa shape index (κ1) is 11.7. The minimum Gasteiger partial charge on any atom is -0.373 e. The van der Waals surface area contributed by atoms with Gasteiger partial charge in [0.15, 0.2) is 0 Å². The zero-order valence-corrected chi connectivity index (χ0v) is 11.1. The molecule has 3 rings (SSSR count). The lowest BCUT2D eigenvalue weighted by atomic mass is 9.92. The van der Waals surface area contributed by atoms with Crippen LogP contribution in [0.3, 0.4) is 0 Å². The van der Waals surface area contributed by atoms with Crippen LogP contribution in [0.15, 0.2) is 11.1 Å². The third kappa shape index (κ3) is 2.06. The predicted molar refractivity (Wildman–Crippen MR) is 67.9 cm³/mol. The second kappa shape index (κ2) is 4.74. The van der Waals surface area contributed by atoms with Gasteiger partial charge in [0.1, 0.15) is 0 Å². The first-order valence-corrected chi connectivity index (χ1v) is 7.22. The van der Waals surface area contributed by atoms with E-state index in [9.17, 15) is 0 Å². The Morgan fingerprint density at radius 2 is 2.00 bits per heavy atom. The summed E-state index contributed by atoms with van der Waals surface area (Å²) in [6.45, 7) is 6.29. The second-order valence-corrected chi connectivity index (χ2v) is 6.15. The van der Waals surface area contributed by atoms with Crippen LogP contribution >= 0.6 is 0 Å². The van der Waals surface area contributed by atoms with Crippen LogP contribution in [0.1, 0.15) is 46.0 Å². The zero-order valence-electron chi connectivity index (χ0n) is 11.1. The van der Waals surface area contributed by atoms with Crippen LogP contribution in [0.25, 0.3) is 0 Å². The average Bonchev–Trinajstić information content (AvgIpc) is 2.87. The Labute approximate surface area is 104 Å². The van der Waals surface area contributed by atoms with Crippen molar-refractivity contribution in [3.05, 3.63) is 11.1 Å². The highest BCUT2D eigenvalue weighted by Gasteiger charge is 2.46. The molecule has 0 bridgehead atoms. The fourth-order valence-corrected chi connectivity index (χ4v) is 3.66. The third-order valence-corrected chi connectivity index (χ3v) is 4.38. The Hall–Kier alpha value is -0.340. The molecule has 1 heterocycles. The van der Waals surface area contributed by atoms with Crippen LogP contribution < -0.4 is 0 Å². The fourth-order valence-electron chi connectivity index (χ4n) is 3.66. The molecule has 1 fully saturated rings. The molecule has 0 unspecified atom stereocenters. The van der Waals surface area contributed by atoms with Crippen molar-refractivity contribution in [3.63, 3.8) is 0 Å². The summed E-state index contributed by atoms with van der Waals surface area (Å²) in [5, 5.41) is 0. The number of rotatable bonds is 3. The van der Waals surface area contributed by atoms with Crippen LogP contribution in [-0.2, 0) is 9.47 Å². The van der Waals surface area contributed by atoms with Crippen LogP contribution in [0.5, 0.6) is 0 Å². The molecule has 1 aliphatic heterocycles. The molecular formula is C15H24O2. The molecule has 2 aliphatic carbocycles. The molecule has 96 valence electrons. The van der Waals surface area contributed by atoms with Crippen LogP contribution in [-0.4, -0.2) is 25.4 Å². The second-order valence-electron chi connectivity index (χ2n) is 6.15. The highest BCUT2D eigenvalue weighted by atomic mass is 16.5. The van der Waals surface area contributed by atoms with Crippen molar-refractivity contribution in [2.24, 2.45) is 11.8 Å². The quantitative estimate of drug-likeness (QED) is 0.700. The number of ether oxygens (including phenoxy) is 2. The minimum absolute atomic E-state index is 0.389. The maximum atomic E-state index is 6.21. The maximum absolute atomic E-state index is 6.21. The van der Waals surface area contributed by atoms with Crippen molar-refractivity contribution < 1.29 is 9.47 Å². The number of fused-ring (bicyclic) bond motifs is 2. The SMILES string of the molecule is CC(C)CO[C@@H]1C2=C(CCCC2)[C@H]2OCC[C@H]21. The van der Waals surface area contributed by atoms with Crippen molar-refractivity contribution in [1.29, 1.82) is 0 Å². The molecule has 3 atom stereocenters. The van der Waals surface area contributed by atoms with Gasteiger partial charge < -0.3 is 9.47 Å². The van der Waals surface area contributed by atoms with Crippen molar-refractivity contribution >= 4 is 0 Å². The van der Waals surface area contributed by atoms with Gasteiger partial charge in [0, 0.05) is 19.1 Å². The summed E-state index contributed by atoms with van der Waals surface area (Å²) in [5.74, 6) is 1.26.